The maximum atomic E-state index is 12.2. The number of nitrogens with one attached hydrogen (secondary N) is 1. The van der Waals surface area contributed by atoms with Crippen LogP contribution in [0.4, 0.5) is 0 Å². The number of carbonyl (C=O) groups excluding carboxylic acids is 1. The molecule has 6 heteroatoms. The number of aryl methyl sites for hydroxylation is 1. The van der Waals surface area contributed by atoms with E-state index in [1.165, 1.54) is 6.07 Å². The number of amides is 1. The molecule has 0 unspecified atom stereocenters. The second kappa shape index (κ2) is 7.37. The van der Waals surface area contributed by atoms with Gasteiger partial charge in [0, 0.05) is 24.8 Å². The van der Waals surface area contributed by atoms with Crippen LogP contribution in [0.25, 0.3) is 5.65 Å². The standard InChI is InChI=1S/C17H24N4O2/c1-5-20(11-15(22)18-12(2)3)10-14-9-16(23)21-8-6-7-13(4)17(21)19-14/h6-9,12H,5,10-11H2,1-4H3,(H,18,22). The largest absolute Gasteiger partial charge is 0.353 e. The minimum atomic E-state index is -0.101. The zero-order valence-electron chi connectivity index (χ0n) is 14.2. The summed E-state index contributed by atoms with van der Waals surface area (Å²) in [5.74, 6) is -0.0180. The first-order chi connectivity index (χ1) is 10.9. The molecule has 0 fully saturated rings. The first kappa shape index (κ1) is 17.1. The first-order valence-corrected chi connectivity index (χ1v) is 7.90. The molecule has 2 heterocycles. The van der Waals surface area contributed by atoms with Crippen molar-refractivity contribution in [2.45, 2.75) is 40.3 Å². The lowest BCUT2D eigenvalue weighted by atomic mass is 10.2. The fourth-order valence-corrected chi connectivity index (χ4v) is 2.47. The average Bonchev–Trinajstić information content (AvgIpc) is 2.47. The molecule has 0 aliphatic carbocycles. The van der Waals surface area contributed by atoms with E-state index in [2.05, 4.69) is 10.3 Å². The van der Waals surface area contributed by atoms with Crippen LogP contribution >= 0.6 is 0 Å². The topological polar surface area (TPSA) is 66.7 Å². The van der Waals surface area contributed by atoms with Gasteiger partial charge >= 0.3 is 0 Å². The van der Waals surface area contributed by atoms with Gasteiger partial charge in [0.2, 0.25) is 5.91 Å². The SMILES string of the molecule is CCN(CC(=O)NC(C)C)Cc1cc(=O)n2cccc(C)c2n1. The van der Waals surface area contributed by atoms with E-state index < -0.39 is 0 Å². The summed E-state index contributed by atoms with van der Waals surface area (Å²) in [6, 6.07) is 5.42. The summed E-state index contributed by atoms with van der Waals surface area (Å²) < 4.78 is 1.54. The number of hydrogen-bond acceptors (Lipinski definition) is 4. The van der Waals surface area contributed by atoms with Crippen LogP contribution in [-0.2, 0) is 11.3 Å². The predicted molar refractivity (Wildman–Crippen MR) is 90.4 cm³/mol. The van der Waals surface area contributed by atoms with Crippen molar-refractivity contribution in [2.75, 3.05) is 13.1 Å². The molecule has 0 atom stereocenters. The second-order valence-corrected chi connectivity index (χ2v) is 6.00. The van der Waals surface area contributed by atoms with Crippen LogP contribution in [-0.4, -0.2) is 39.3 Å². The summed E-state index contributed by atoms with van der Waals surface area (Å²) in [5.41, 5.74) is 2.20. The molecule has 6 nitrogen and oxygen atoms in total. The second-order valence-electron chi connectivity index (χ2n) is 6.00. The van der Waals surface area contributed by atoms with Gasteiger partial charge < -0.3 is 5.32 Å². The minimum absolute atomic E-state index is 0.0180. The number of carbonyl (C=O) groups is 1. The summed E-state index contributed by atoms with van der Waals surface area (Å²) in [4.78, 5) is 30.7. The van der Waals surface area contributed by atoms with E-state index in [1.807, 2.05) is 44.7 Å². The molecule has 0 spiro atoms. The highest BCUT2D eigenvalue weighted by Crippen LogP contribution is 2.07. The van der Waals surface area contributed by atoms with Crippen molar-refractivity contribution >= 4 is 11.6 Å². The van der Waals surface area contributed by atoms with Crippen LogP contribution in [0.15, 0.2) is 29.2 Å². The van der Waals surface area contributed by atoms with E-state index in [4.69, 9.17) is 0 Å². The van der Waals surface area contributed by atoms with Crippen molar-refractivity contribution in [2.24, 2.45) is 0 Å². The zero-order valence-corrected chi connectivity index (χ0v) is 14.2. The summed E-state index contributed by atoms with van der Waals surface area (Å²) in [5, 5.41) is 2.88. The Balaban J connectivity index is 2.21. The Kier molecular flexibility index (Phi) is 5.50. The van der Waals surface area contributed by atoms with Crippen molar-refractivity contribution in [3.63, 3.8) is 0 Å². The molecule has 1 amide bonds. The Hall–Kier alpha value is -2.21. The van der Waals surface area contributed by atoms with E-state index in [9.17, 15) is 9.59 Å². The van der Waals surface area contributed by atoms with Gasteiger partial charge in [-0.3, -0.25) is 18.9 Å². The molecule has 1 N–H and O–H groups in total. The molecule has 124 valence electrons. The number of pyridine rings is 1. The van der Waals surface area contributed by atoms with Crippen molar-refractivity contribution < 1.29 is 4.79 Å². The molecule has 0 aliphatic heterocycles. The van der Waals surface area contributed by atoms with Gasteiger partial charge in [-0.1, -0.05) is 13.0 Å². The molecule has 2 rings (SSSR count). The highest BCUT2D eigenvalue weighted by Gasteiger charge is 2.12. The zero-order chi connectivity index (χ0) is 17.0. The molecule has 0 radical (unpaired) electrons. The fourth-order valence-electron chi connectivity index (χ4n) is 2.47. The maximum absolute atomic E-state index is 12.2. The Bertz CT molecular complexity index is 752. The van der Waals surface area contributed by atoms with Gasteiger partial charge in [-0.15, -0.1) is 0 Å². The first-order valence-electron chi connectivity index (χ1n) is 7.90. The van der Waals surface area contributed by atoms with E-state index >= 15 is 0 Å². The van der Waals surface area contributed by atoms with Gasteiger partial charge in [0.15, 0.2) is 0 Å². The fraction of sp³-hybridized carbons (Fsp3) is 0.471. The third-order valence-corrected chi connectivity index (χ3v) is 3.59. The number of rotatable bonds is 6. The summed E-state index contributed by atoms with van der Waals surface area (Å²) >= 11 is 0. The Morgan fingerprint density at radius 1 is 1.43 bits per heavy atom. The number of hydrogen-bond donors (Lipinski definition) is 1. The molecule has 23 heavy (non-hydrogen) atoms. The van der Waals surface area contributed by atoms with Crippen molar-refractivity contribution in [3.05, 3.63) is 46.0 Å². The van der Waals surface area contributed by atoms with Crippen molar-refractivity contribution in [3.8, 4) is 0 Å². The molecule has 0 saturated carbocycles. The van der Waals surface area contributed by atoms with Gasteiger partial charge in [0.25, 0.3) is 5.56 Å². The van der Waals surface area contributed by atoms with Crippen LogP contribution in [0.1, 0.15) is 32.0 Å². The van der Waals surface area contributed by atoms with Crippen LogP contribution in [0.2, 0.25) is 0 Å². The summed E-state index contributed by atoms with van der Waals surface area (Å²) in [6.07, 6.45) is 1.72. The van der Waals surface area contributed by atoms with Gasteiger partial charge in [0.1, 0.15) is 5.65 Å². The Labute approximate surface area is 136 Å². The maximum Gasteiger partial charge on any atom is 0.258 e. The van der Waals surface area contributed by atoms with Gasteiger partial charge in [-0.25, -0.2) is 4.98 Å². The van der Waals surface area contributed by atoms with Crippen LogP contribution in [0.5, 0.6) is 0 Å². The summed E-state index contributed by atoms with van der Waals surface area (Å²) in [7, 11) is 0. The Morgan fingerprint density at radius 2 is 2.17 bits per heavy atom. The normalized spacial score (nSPS) is 11.4. The number of nitrogens with zero attached hydrogens (tertiary/aromatic N) is 3. The minimum Gasteiger partial charge on any atom is -0.353 e. The van der Waals surface area contributed by atoms with Crippen molar-refractivity contribution in [1.29, 1.82) is 0 Å². The molecule has 0 aliphatic rings. The molecular formula is C17H24N4O2. The van der Waals surface area contributed by atoms with Gasteiger partial charge in [0.05, 0.1) is 12.2 Å². The number of fused-ring (bicyclic) bond motifs is 1. The lowest BCUT2D eigenvalue weighted by molar-refractivity contribution is -0.122. The monoisotopic (exact) mass is 316 g/mol. The van der Waals surface area contributed by atoms with Gasteiger partial charge in [-0.05, 0) is 38.9 Å². The van der Waals surface area contributed by atoms with E-state index in [1.54, 1.807) is 10.6 Å². The highest BCUT2D eigenvalue weighted by atomic mass is 16.2. The predicted octanol–water partition coefficient (Wildman–Crippen LogP) is 1.35. The molecule has 2 aromatic heterocycles. The van der Waals surface area contributed by atoms with Gasteiger partial charge in [-0.2, -0.15) is 0 Å². The van der Waals surface area contributed by atoms with E-state index in [0.717, 1.165) is 5.56 Å². The smallest absolute Gasteiger partial charge is 0.258 e. The molecule has 0 bridgehead atoms. The number of aromatic nitrogens is 2. The lowest BCUT2D eigenvalue weighted by Crippen LogP contribution is -2.40. The molecule has 2 aromatic rings. The lowest BCUT2D eigenvalue weighted by Gasteiger charge is -2.20. The van der Waals surface area contributed by atoms with Crippen LogP contribution in [0.3, 0.4) is 0 Å². The summed E-state index contributed by atoms with van der Waals surface area (Å²) in [6.45, 7) is 9.26. The van der Waals surface area contributed by atoms with Crippen LogP contribution in [0, 0.1) is 6.92 Å². The third-order valence-electron chi connectivity index (χ3n) is 3.59. The quantitative estimate of drug-likeness (QED) is 0.873. The third kappa shape index (κ3) is 4.39. The number of likely N-dealkylation sites (N-methyl/N-ethyl adjacent to an activating group) is 1. The molecule has 0 saturated heterocycles. The van der Waals surface area contributed by atoms with Crippen LogP contribution < -0.4 is 10.9 Å². The molecule has 0 aromatic carbocycles. The highest BCUT2D eigenvalue weighted by molar-refractivity contribution is 5.78. The average molecular weight is 316 g/mol. The van der Waals surface area contributed by atoms with E-state index in [-0.39, 0.29) is 17.5 Å². The van der Waals surface area contributed by atoms with Crippen molar-refractivity contribution in [1.82, 2.24) is 19.6 Å². The van der Waals surface area contributed by atoms with E-state index in [0.29, 0.717) is 31.0 Å². The Morgan fingerprint density at radius 3 is 2.83 bits per heavy atom. The molecular weight excluding hydrogens is 292 g/mol.